The number of nitrogens with zero attached hydrogens (tertiary/aromatic N) is 1. The minimum atomic E-state index is -1.62. The zero-order valence-electron chi connectivity index (χ0n) is 13.9. The number of carbonyl (C=O) groups excluding carboxylic acids is 1. The number of aromatic nitrogens is 1. The molecule has 132 valence electrons. The molecule has 1 N–H and O–H groups in total. The van der Waals surface area contributed by atoms with E-state index in [4.69, 9.17) is 0 Å². The van der Waals surface area contributed by atoms with E-state index >= 15 is 0 Å². The summed E-state index contributed by atoms with van der Waals surface area (Å²) in [5.74, 6) is -4.90. The third-order valence-corrected chi connectivity index (χ3v) is 4.05. The van der Waals surface area contributed by atoms with Gasteiger partial charge < -0.3 is 5.32 Å². The fourth-order valence-corrected chi connectivity index (χ4v) is 2.53. The second-order valence-corrected chi connectivity index (χ2v) is 5.79. The molecule has 2 aromatic carbocycles. The second kappa shape index (κ2) is 7.39. The van der Waals surface area contributed by atoms with Crippen LogP contribution in [0, 0.1) is 17.5 Å². The summed E-state index contributed by atoms with van der Waals surface area (Å²) in [6.07, 6.45) is 3.50. The van der Waals surface area contributed by atoms with Gasteiger partial charge in [-0.3, -0.25) is 4.79 Å². The number of hydrogen-bond donors (Lipinski definition) is 1. The smallest absolute Gasteiger partial charge is 0.293 e. The van der Waals surface area contributed by atoms with Crippen molar-refractivity contribution in [2.24, 2.45) is 0 Å². The molecular formula is C20H16F3N2O+. The fourth-order valence-electron chi connectivity index (χ4n) is 2.53. The lowest BCUT2D eigenvalue weighted by atomic mass is 10.1. The first-order chi connectivity index (χ1) is 12.5. The quantitative estimate of drug-likeness (QED) is 0.549. The van der Waals surface area contributed by atoms with E-state index in [9.17, 15) is 18.0 Å². The summed E-state index contributed by atoms with van der Waals surface area (Å²) in [6, 6.07) is 14.4. The van der Waals surface area contributed by atoms with Gasteiger partial charge in [0.25, 0.3) is 5.91 Å². The molecule has 0 aliphatic rings. The molecule has 3 aromatic rings. The lowest BCUT2D eigenvalue weighted by Gasteiger charge is -2.11. The number of pyridine rings is 1. The maximum Gasteiger partial charge on any atom is 0.293 e. The van der Waals surface area contributed by atoms with Crippen LogP contribution in [0.25, 0.3) is 11.1 Å². The highest BCUT2D eigenvalue weighted by molar-refractivity contribution is 5.92. The molecule has 0 saturated carbocycles. The zero-order valence-corrected chi connectivity index (χ0v) is 13.9. The maximum atomic E-state index is 13.7. The van der Waals surface area contributed by atoms with E-state index in [1.54, 1.807) is 30.0 Å². The van der Waals surface area contributed by atoms with E-state index < -0.39 is 35.1 Å². The number of nitrogens with one attached hydrogen (secondary N) is 1. The van der Waals surface area contributed by atoms with Crippen LogP contribution < -0.4 is 9.88 Å². The van der Waals surface area contributed by atoms with Crippen LogP contribution in [0.15, 0.2) is 67.0 Å². The van der Waals surface area contributed by atoms with Crippen LogP contribution in [-0.2, 0) is 4.79 Å². The Morgan fingerprint density at radius 1 is 0.923 bits per heavy atom. The van der Waals surface area contributed by atoms with Gasteiger partial charge in [-0.2, -0.15) is 4.57 Å². The van der Waals surface area contributed by atoms with Crippen molar-refractivity contribution < 1.29 is 22.5 Å². The molecule has 0 radical (unpaired) electrons. The van der Waals surface area contributed by atoms with Crippen LogP contribution in [-0.4, -0.2) is 5.91 Å². The van der Waals surface area contributed by atoms with Gasteiger partial charge in [0.05, 0.1) is 5.69 Å². The molecule has 0 saturated heterocycles. The molecule has 1 atom stereocenters. The SMILES string of the molecule is C[C@H](C(=O)Nc1ccc(F)c(F)c1F)[n+]1cccc(-c2ccccc2)c1. The number of hydrogen-bond acceptors (Lipinski definition) is 1. The first-order valence-electron chi connectivity index (χ1n) is 7.98. The van der Waals surface area contributed by atoms with Crippen LogP contribution >= 0.6 is 0 Å². The normalized spacial score (nSPS) is 11.8. The molecule has 26 heavy (non-hydrogen) atoms. The summed E-state index contributed by atoms with van der Waals surface area (Å²) in [6.45, 7) is 1.63. The van der Waals surface area contributed by atoms with Crippen molar-refractivity contribution in [3.63, 3.8) is 0 Å². The van der Waals surface area contributed by atoms with Gasteiger partial charge in [-0.25, -0.2) is 13.2 Å². The Kier molecular flexibility index (Phi) is 5.02. The summed E-state index contributed by atoms with van der Waals surface area (Å²) in [5.41, 5.74) is 1.49. The predicted molar refractivity (Wildman–Crippen MR) is 91.7 cm³/mol. The predicted octanol–water partition coefficient (Wildman–Crippen LogP) is 4.26. The van der Waals surface area contributed by atoms with Crippen LogP contribution in [0.4, 0.5) is 18.9 Å². The van der Waals surface area contributed by atoms with E-state index in [1.807, 2.05) is 36.4 Å². The van der Waals surface area contributed by atoms with Crippen LogP contribution in [0.1, 0.15) is 13.0 Å². The molecule has 1 aromatic heterocycles. The number of benzene rings is 2. The van der Waals surface area contributed by atoms with Crippen molar-refractivity contribution in [2.75, 3.05) is 5.32 Å². The fraction of sp³-hybridized carbons (Fsp3) is 0.100. The monoisotopic (exact) mass is 357 g/mol. The Labute approximate surface area is 148 Å². The summed E-state index contributed by atoms with van der Waals surface area (Å²) in [5, 5.41) is 2.29. The number of anilines is 1. The van der Waals surface area contributed by atoms with Crippen molar-refractivity contribution in [1.82, 2.24) is 0 Å². The summed E-state index contributed by atoms with van der Waals surface area (Å²) < 4.78 is 41.7. The number of halogens is 3. The molecule has 6 heteroatoms. The highest BCUT2D eigenvalue weighted by atomic mass is 19.2. The van der Waals surface area contributed by atoms with Gasteiger partial charge in [0.15, 0.2) is 29.8 Å². The van der Waals surface area contributed by atoms with Crippen molar-refractivity contribution >= 4 is 11.6 Å². The Morgan fingerprint density at radius 2 is 1.62 bits per heavy atom. The largest absolute Gasteiger partial charge is 0.318 e. The average Bonchev–Trinajstić information content (AvgIpc) is 2.68. The second-order valence-electron chi connectivity index (χ2n) is 5.79. The lowest BCUT2D eigenvalue weighted by Crippen LogP contribution is -2.44. The third kappa shape index (κ3) is 3.59. The first kappa shape index (κ1) is 17.7. The van der Waals surface area contributed by atoms with Crippen LogP contribution in [0.5, 0.6) is 0 Å². The Morgan fingerprint density at radius 3 is 2.35 bits per heavy atom. The summed E-state index contributed by atoms with van der Waals surface area (Å²) in [4.78, 5) is 12.4. The van der Waals surface area contributed by atoms with Gasteiger partial charge in [-0.05, 0) is 23.8 Å². The van der Waals surface area contributed by atoms with Crippen molar-refractivity contribution in [1.29, 1.82) is 0 Å². The highest BCUT2D eigenvalue weighted by Gasteiger charge is 2.24. The molecule has 0 spiro atoms. The molecule has 0 aliphatic heterocycles. The molecule has 0 bridgehead atoms. The summed E-state index contributed by atoms with van der Waals surface area (Å²) in [7, 11) is 0. The van der Waals surface area contributed by atoms with E-state index in [2.05, 4.69) is 5.32 Å². The molecule has 3 nitrogen and oxygen atoms in total. The van der Waals surface area contributed by atoms with Gasteiger partial charge in [0.1, 0.15) is 0 Å². The topological polar surface area (TPSA) is 33.0 Å². The van der Waals surface area contributed by atoms with Crippen LogP contribution in [0.3, 0.4) is 0 Å². The number of rotatable bonds is 4. The van der Waals surface area contributed by atoms with Crippen molar-refractivity contribution in [3.05, 3.63) is 84.4 Å². The Hall–Kier alpha value is -3.15. The maximum absolute atomic E-state index is 13.7. The molecule has 0 aliphatic carbocycles. The lowest BCUT2D eigenvalue weighted by molar-refractivity contribution is -0.705. The Balaban J connectivity index is 1.82. The summed E-state index contributed by atoms with van der Waals surface area (Å²) >= 11 is 0. The van der Waals surface area contributed by atoms with E-state index in [0.29, 0.717) is 0 Å². The van der Waals surface area contributed by atoms with Gasteiger partial charge >= 0.3 is 0 Å². The molecule has 3 rings (SSSR count). The molecular weight excluding hydrogens is 341 g/mol. The van der Waals surface area contributed by atoms with Gasteiger partial charge in [-0.1, -0.05) is 30.3 Å². The minimum absolute atomic E-state index is 0.402. The molecule has 1 heterocycles. The van der Waals surface area contributed by atoms with Crippen LogP contribution in [0.2, 0.25) is 0 Å². The minimum Gasteiger partial charge on any atom is -0.318 e. The van der Waals surface area contributed by atoms with Gasteiger partial charge in [0, 0.05) is 18.6 Å². The number of amides is 1. The van der Waals surface area contributed by atoms with Crippen molar-refractivity contribution in [3.8, 4) is 11.1 Å². The molecule has 0 fully saturated rings. The van der Waals surface area contributed by atoms with E-state index in [-0.39, 0.29) is 0 Å². The van der Waals surface area contributed by atoms with E-state index in [1.165, 1.54) is 0 Å². The van der Waals surface area contributed by atoms with Gasteiger partial charge in [-0.15, -0.1) is 0 Å². The Bertz CT molecular complexity index is 945. The zero-order chi connectivity index (χ0) is 18.7. The highest BCUT2D eigenvalue weighted by Crippen LogP contribution is 2.21. The molecule has 0 unspecified atom stereocenters. The van der Waals surface area contributed by atoms with Gasteiger partial charge in [0.2, 0.25) is 6.04 Å². The first-order valence-corrected chi connectivity index (χ1v) is 7.98. The van der Waals surface area contributed by atoms with Crippen molar-refractivity contribution in [2.45, 2.75) is 13.0 Å². The van der Waals surface area contributed by atoms with E-state index in [0.717, 1.165) is 23.3 Å². The number of carbonyl (C=O) groups is 1. The third-order valence-electron chi connectivity index (χ3n) is 4.05. The standard InChI is InChI=1S/C20H15F3N2O/c1-13(20(26)24-17-10-9-16(21)18(22)19(17)23)25-11-5-8-15(12-25)14-6-3-2-4-7-14/h2-13H,1H3/p+1/t13-/m1/s1. The average molecular weight is 357 g/mol. The molecule has 1 amide bonds.